The van der Waals surface area contributed by atoms with Gasteiger partial charge in [-0.3, -0.25) is 9.59 Å². The molecule has 0 saturated heterocycles. The molecule has 1 aliphatic rings. The minimum atomic E-state index is -0.216. The van der Waals surface area contributed by atoms with Gasteiger partial charge >= 0.3 is 0 Å². The summed E-state index contributed by atoms with van der Waals surface area (Å²) in [6.45, 7) is 1.84. The molecular formula is C18H28ClN3O3. The van der Waals surface area contributed by atoms with Gasteiger partial charge in [-0.1, -0.05) is 19.3 Å². The van der Waals surface area contributed by atoms with Crippen molar-refractivity contribution in [3.8, 4) is 5.75 Å². The zero-order valence-corrected chi connectivity index (χ0v) is 15.7. The molecule has 1 unspecified atom stereocenters. The zero-order valence-electron chi connectivity index (χ0n) is 14.8. The Labute approximate surface area is 155 Å². The molecule has 1 saturated carbocycles. The lowest BCUT2D eigenvalue weighted by Crippen LogP contribution is -2.39. The molecule has 1 fully saturated rings. The summed E-state index contributed by atoms with van der Waals surface area (Å²) >= 11 is 0. The fraction of sp³-hybridized carbons (Fsp3) is 0.556. The van der Waals surface area contributed by atoms with Gasteiger partial charge in [0.15, 0.2) is 0 Å². The lowest BCUT2D eigenvalue weighted by atomic mass is 9.88. The third-order valence-corrected chi connectivity index (χ3v) is 4.39. The third kappa shape index (κ3) is 6.46. The van der Waals surface area contributed by atoms with E-state index in [0.717, 1.165) is 25.7 Å². The average Bonchev–Trinajstić information content (AvgIpc) is 2.57. The number of carbonyl (C=O) groups excluding carboxylic acids is 2. The molecular weight excluding hydrogens is 342 g/mol. The Kier molecular flexibility index (Phi) is 8.55. The summed E-state index contributed by atoms with van der Waals surface area (Å²) < 4.78 is 5.13. The van der Waals surface area contributed by atoms with Crippen molar-refractivity contribution < 1.29 is 14.3 Å². The summed E-state index contributed by atoms with van der Waals surface area (Å²) in [6.07, 6.45) is 5.54. The maximum atomic E-state index is 12.2. The molecule has 1 atom stereocenters. The molecule has 1 aliphatic carbocycles. The molecule has 0 radical (unpaired) electrons. The first-order valence-corrected chi connectivity index (χ1v) is 8.53. The van der Waals surface area contributed by atoms with E-state index in [2.05, 4.69) is 10.6 Å². The number of methoxy groups -OCH3 is 1. The van der Waals surface area contributed by atoms with E-state index in [0.29, 0.717) is 17.1 Å². The van der Waals surface area contributed by atoms with Crippen LogP contribution in [-0.2, 0) is 9.59 Å². The number of rotatable bonds is 6. The highest BCUT2D eigenvalue weighted by Crippen LogP contribution is 2.25. The number of nitrogen functional groups attached to an aromatic ring is 1. The van der Waals surface area contributed by atoms with Crippen molar-refractivity contribution >= 4 is 35.6 Å². The van der Waals surface area contributed by atoms with Gasteiger partial charge in [0.05, 0.1) is 18.5 Å². The smallest absolute Gasteiger partial charge is 0.226 e. The Morgan fingerprint density at radius 2 is 1.96 bits per heavy atom. The van der Waals surface area contributed by atoms with Gasteiger partial charge in [-0.2, -0.15) is 0 Å². The third-order valence-electron chi connectivity index (χ3n) is 4.39. The van der Waals surface area contributed by atoms with Gasteiger partial charge in [-0.15, -0.1) is 12.4 Å². The molecule has 0 heterocycles. The van der Waals surface area contributed by atoms with Crippen molar-refractivity contribution in [3.05, 3.63) is 18.2 Å². The van der Waals surface area contributed by atoms with Crippen LogP contribution in [0.3, 0.4) is 0 Å². The molecule has 0 aromatic heterocycles. The predicted octanol–water partition coefficient (Wildman–Crippen LogP) is 3.11. The van der Waals surface area contributed by atoms with Crippen LogP contribution >= 0.6 is 12.4 Å². The van der Waals surface area contributed by atoms with Crippen LogP contribution < -0.4 is 21.1 Å². The molecule has 140 valence electrons. The lowest BCUT2D eigenvalue weighted by molar-refractivity contribution is -0.126. The predicted molar refractivity (Wildman–Crippen MR) is 102 cm³/mol. The molecule has 4 N–H and O–H groups in total. The van der Waals surface area contributed by atoms with Crippen molar-refractivity contribution in [3.63, 3.8) is 0 Å². The van der Waals surface area contributed by atoms with E-state index in [1.54, 1.807) is 25.3 Å². The van der Waals surface area contributed by atoms with Gasteiger partial charge in [-0.25, -0.2) is 0 Å². The van der Waals surface area contributed by atoms with Crippen molar-refractivity contribution in [2.75, 3.05) is 18.2 Å². The van der Waals surface area contributed by atoms with Gasteiger partial charge in [0.2, 0.25) is 11.8 Å². The second kappa shape index (κ2) is 10.1. The van der Waals surface area contributed by atoms with Crippen LogP contribution in [0, 0.1) is 5.92 Å². The van der Waals surface area contributed by atoms with Crippen LogP contribution in [0.1, 0.15) is 45.4 Å². The minimum absolute atomic E-state index is 0. The van der Waals surface area contributed by atoms with Crippen molar-refractivity contribution in [1.82, 2.24) is 5.32 Å². The van der Waals surface area contributed by atoms with Crippen LogP contribution in [0.5, 0.6) is 5.75 Å². The fourth-order valence-corrected chi connectivity index (χ4v) is 3.03. The largest absolute Gasteiger partial charge is 0.497 e. The number of benzene rings is 1. The quantitative estimate of drug-likeness (QED) is 0.671. The molecule has 1 aromatic rings. The highest BCUT2D eigenvalue weighted by atomic mass is 35.5. The molecule has 0 aliphatic heterocycles. The summed E-state index contributed by atoms with van der Waals surface area (Å²) in [6, 6.07) is 4.88. The highest BCUT2D eigenvalue weighted by Gasteiger charge is 2.23. The second-order valence-corrected chi connectivity index (χ2v) is 6.45. The van der Waals surface area contributed by atoms with Crippen molar-refractivity contribution in [2.45, 2.75) is 51.5 Å². The number of amides is 2. The van der Waals surface area contributed by atoms with Gasteiger partial charge in [-0.05, 0) is 31.9 Å². The number of halogens is 1. The summed E-state index contributed by atoms with van der Waals surface area (Å²) in [7, 11) is 1.56. The van der Waals surface area contributed by atoms with E-state index in [9.17, 15) is 9.59 Å². The van der Waals surface area contributed by atoms with Gasteiger partial charge in [0.1, 0.15) is 5.75 Å². The Balaban J connectivity index is 0.00000312. The van der Waals surface area contributed by atoms with E-state index in [4.69, 9.17) is 10.5 Å². The van der Waals surface area contributed by atoms with Crippen LogP contribution in [0.4, 0.5) is 11.4 Å². The topological polar surface area (TPSA) is 93.4 Å². The number of hydrogen-bond acceptors (Lipinski definition) is 4. The monoisotopic (exact) mass is 369 g/mol. The van der Waals surface area contributed by atoms with Gasteiger partial charge < -0.3 is 21.1 Å². The number of hydrogen-bond donors (Lipinski definition) is 3. The van der Waals surface area contributed by atoms with Gasteiger partial charge in [0.25, 0.3) is 0 Å². The summed E-state index contributed by atoms with van der Waals surface area (Å²) in [5.41, 5.74) is 6.86. The molecule has 0 spiro atoms. The van der Waals surface area contributed by atoms with Gasteiger partial charge in [0, 0.05) is 24.4 Å². The minimum Gasteiger partial charge on any atom is -0.497 e. The van der Waals surface area contributed by atoms with E-state index in [1.807, 2.05) is 6.92 Å². The highest BCUT2D eigenvalue weighted by molar-refractivity contribution is 5.94. The molecule has 2 rings (SSSR count). The first-order chi connectivity index (χ1) is 11.5. The maximum Gasteiger partial charge on any atom is 0.226 e. The fourth-order valence-electron chi connectivity index (χ4n) is 3.03. The summed E-state index contributed by atoms with van der Waals surface area (Å²) in [5.74, 6) is 0.596. The SMILES string of the molecule is COc1ccc(N)c(NC(=O)CC(C)NC(=O)C2CCCCC2)c1.Cl. The Hall–Kier alpha value is -1.95. The Bertz CT molecular complexity index is 589. The van der Waals surface area contributed by atoms with E-state index < -0.39 is 0 Å². The van der Waals surface area contributed by atoms with Crippen molar-refractivity contribution in [1.29, 1.82) is 0 Å². The number of nitrogens with one attached hydrogen (secondary N) is 2. The Morgan fingerprint density at radius 1 is 1.28 bits per heavy atom. The maximum absolute atomic E-state index is 12.2. The van der Waals surface area contributed by atoms with Crippen LogP contribution in [0.2, 0.25) is 0 Å². The average molecular weight is 370 g/mol. The first kappa shape index (κ1) is 21.1. The van der Waals surface area contributed by atoms with Crippen molar-refractivity contribution in [2.24, 2.45) is 5.92 Å². The van der Waals surface area contributed by atoms with E-state index in [1.165, 1.54) is 6.42 Å². The standard InChI is InChI=1S/C18H27N3O3.ClH/c1-12(20-18(23)13-6-4-3-5-7-13)10-17(22)21-16-11-14(24-2)8-9-15(16)19;/h8-9,11-13H,3-7,10,19H2,1-2H3,(H,20,23)(H,21,22);1H. The summed E-state index contributed by atoms with van der Waals surface area (Å²) in [4.78, 5) is 24.4. The number of carbonyl (C=O) groups is 2. The Morgan fingerprint density at radius 3 is 2.60 bits per heavy atom. The lowest BCUT2D eigenvalue weighted by Gasteiger charge is -2.23. The molecule has 1 aromatic carbocycles. The normalized spacial score (nSPS) is 15.6. The molecule has 6 nitrogen and oxygen atoms in total. The summed E-state index contributed by atoms with van der Waals surface area (Å²) in [5, 5.41) is 5.72. The zero-order chi connectivity index (χ0) is 17.5. The molecule has 25 heavy (non-hydrogen) atoms. The van der Waals surface area contributed by atoms with E-state index >= 15 is 0 Å². The van der Waals surface area contributed by atoms with Crippen LogP contribution in [-0.4, -0.2) is 25.0 Å². The van der Waals surface area contributed by atoms with Crippen LogP contribution in [0.25, 0.3) is 0 Å². The second-order valence-electron chi connectivity index (χ2n) is 6.45. The number of nitrogens with two attached hydrogens (primary N) is 1. The molecule has 0 bridgehead atoms. The van der Waals surface area contributed by atoms with Crippen LogP contribution in [0.15, 0.2) is 18.2 Å². The number of anilines is 2. The number of ether oxygens (including phenoxy) is 1. The molecule has 2 amide bonds. The first-order valence-electron chi connectivity index (χ1n) is 8.53. The molecule has 7 heteroatoms. The van der Waals surface area contributed by atoms with E-state index in [-0.39, 0.29) is 42.6 Å².